The van der Waals surface area contributed by atoms with E-state index in [0.29, 0.717) is 71.7 Å². The van der Waals surface area contributed by atoms with Gasteiger partial charge in [0, 0.05) is 36.1 Å². The third-order valence-corrected chi connectivity index (χ3v) is 12.3. The molecule has 1 heterocycles. The Labute approximate surface area is 349 Å². The summed E-state index contributed by atoms with van der Waals surface area (Å²) in [5.41, 5.74) is 17.6. The number of phenols is 2. The number of unbranched alkanes of at least 4 members (excludes halogenated alkanes) is 2. The molecule has 0 amide bonds. The monoisotopic (exact) mass is 798 g/mol. The Morgan fingerprint density at radius 2 is 1.83 bits per heavy atom. The van der Waals surface area contributed by atoms with Crippen molar-refractivity contribution in [2.24, 2.45) is 27.8 Å². The van der Waals surface area contributed by atoms with Gasteiger partial charge in [-0.2, -0.15) is 0 Å². The number of aryl methyl sites for hydroxylation is 1. The molecule has 312 valence electrons. The highest BCUT2D eigenvalue weighted by Gasteiger charge is 2.36. The molecule has 3 aliphatic rings. The summed E-state index contributed by atoms with van der Waals surface area (Å²) in [5, 5.41) is 46.0. The largest absolute Gasteiger partial charge is 0.875 e. The number of carbonyl (C=O) groups excluding carboxylic acids is 1. The molecule has 3 aromatic rings. The number of ether oxygens (including phenoxy) is 1. The summed E-state index contributed by atoms with van der Waals surface area (Å²) >= 11 is 0. The van der Waals surface area contributed by atoms with Crippen LogP contribution in [0.4, 0.5) is 0 Å². The number of hydrogen-bond donors (Lipinski definition) is 5. The van der Waals surface area contributed by atoms with Gasteiger partial charge < -0.3 is 36.6 Å². The van der Waals surface area contributed by atoms with Crippen LogP contribution >= 0.6 is 0 Å². The van der Waals surface area contributed by atoms with Crippen molar-refractivity contribution >= 4 is 11.5 Å². The molecule has 4 unspecified atom stereocenters. The van der Waals surface area contributed by atoms with E-state index in [-0.39, 0.29) is 47.6 Å². The van der Waals surface area contributed by atoms with E-state index >= 15 is 0 Å². The highest BCUT2D eigenvalue weighted by Crippen LogP contribution is 2.45. The third kappa shape index (κ3) is 11.5. The maximum Gasteiger partial charge on any atom is 0.161 e. The van der Waals surface area contributed by atoms with Gasteiger partial charge >= 0.3 is 0 Å². The van der Waals surface area contributed by atoms with Gasteiger partial charge in [0.1, 0.15) is 5.75 Å². The van der Waals surface area contributed by atoms with Crippen LogP contribution in [0.2, 0.25) is 0 Å². The molecule has 59 heavy (non-hydrogen) atoms. The lowest BCUT2D eigenvalue weighted by molar-refractivity contribution is -0.307. The van der Waals surface area contributed by atoms with Gasteiger partial charge in [0.2, 0.25) is 0 Å². The predicted molar refractivity (Wildman–Crippen MR) is 232 cm³/mol. The van der Waals surface area contributed by atoms with Crippen LogP contribution < -0.4 is 21.3 Å². The molecule has 1 aliphatic heterocycles. The van der Waals surface area contributed by atoms with E-state index < -0.39 is 12.1 Å². The summed E-state index contributed by atoms with van der Waals surface area (Å²) in [6, 6.07) is 16.1. The fraction of sp³-hybridized carbons (Fsp3) is 0.440. The molecule has 2 aliphatic carbocycles. The Bertz CT molecular complexity index is 2160. The summed E-state index contributed by atoms with van der Waals surface area (Å²) in [5.74, 6) is 6.88. The lowest BCUT2D eigenvalue weighted by Crippen LogP contribution is -2.21. The van der Waals surface area contributed by atoms with Crippen LogP contribution in [0.25, 0.3) is 0 Å². The van der Waals surface area contributed by atoms with Crippen molar-refractivity contribution in [3.05, 3.63) is 124 Å². The molecular formula is C50H60N3O6-. The number of aliphatic hydroxyl groups is 1. The van der Waals surface area contributed by atoms with Crippen molar-refractivity contribution < 1.29 is 30.0 Å². The Morgan fingerprint density at radius 3 is 2.59 bits per heavy atom. The van der Waals surface area contributed by atoms with Gasteiger partial charge in [0.15, 0.2) is 17.3 Å². The quantitative estimate of drug-likeness (QED) is 0.0372. The molecule has 0 radical (unpaired) electrons. The summed E-state index contributed by atoms with van der Waals surface area (Å²) in [4.78, 5) is 17.5. The summed E-state index contributed by atoms with van der Waals surface area (Å²) < 4.78 is 6.09. The first-order valence-electron chi connectivity index (χ1n) is 21.4. The number of nitrogens with zero attached hydrogens (tertiary/aromatic N) is 1. The maximum atomic E-state index is 13.7. The first kappa shape index (κ1) is 43.4. The van der Waals surface area contributed by atoms with Crippen molar-refractivity contribution in [3.63, 3.8) is 0 Å². The van der Waals surface area contributed by atoms with Gasteiger partial charge in [-0.3, -0.25) is 9.79 Å². The number of allylic oxidation sites excluding steroid dienone is 5. The number of aliphatic imine (C=N–C) groups is 1. The van der Waals surface area contributed by atoms with Crippen molar-refractivity contribution in [1.82, 2.24) is 0 Å². The van der Waals surface area contributed by atoms with Gasteiger partial charge in [-0.1, -0.05) is 87.8 Å². The van der Waals surface area contributed by atoms with Crippen LogP contribution in [0.5, 0.6) is 17.2 Å². The Morgan fingerprint density at radius 1 is 1.03 bits per heavy atom. The highest BCUT2D eigenvalue weighted by molar-refractivity contribution is 6.06. The van der Waals surface area contributed by atoms with Crippen molar-refractivity contribution in [1.29, 1.82) is 0 Å². The molecule has 9 heteroatoms. The number of benzene rings is 3. The number of aromatic hydroxyl groups is 2. The number of fused-ring (bicyclic) bond motifs is 2. The van der Waals surface area contributed by atoms with Crippen LogP contribution in [-0.4, -0.2) is 39.5 Å². The maximum absolute atomic E-state index is 13.7. The van der Waals surface area contributed by atoms with Gasteiger partial charge in [-0.15, -0.1) is 5.76 Å². The minimum Gasteiger partial charge on any atom is -0.875 e. The molecular weight excluding hydrogens is 739 g/mol. The minimum atomic E-state index is -0.697. The van der Waals surface area contributed by atoms with Crippen LogP contribution in [0, 0.1) is 23.2 Å². The van der Waals surface area contributed by atoms with E-state index in [1.165, 1.54) is 25.7 Å². The Hall–Kier alpha value is -5.14. The van der Waals surface area contributed by atoms with Crippen molar-refractivity contribution in [3.8, 4) is 29.1 Å². The van der Waals surface area contributed by atoms with E-state index in [2.05, 4.69) is 36.8 Å². The Kier molecular flexibility index (Phi) is 14.9. The number of rotatable bonds is 18. The van der Waals surface area contributed by atoms with Crippen molar-refractivity contribution in [2.45, 2.75) is 122 Å². The summed E-state index contributed by atoms with van der Waals surface area (Å²) in [6.45, 7) is 4.78. The molecule has 3 aromatic carbocycles. The van der Waals surface area contributed by atoms with Crippen LogP contribution in [0.15, 0.2) is 95.3 Å². The Balaban J connectivity index is 1.10. The highest BCUT2D eigenvalue weighted by atomic mass is 16.5. The average Bonchev–Trinajstić information content (AvgIpc) is 3.85. The SMILES string of the molecule is CCCCCC(C)CCC1(C=CC(=O)CCc2ccc(O)c(OCCc3ccc(O)c(C4CC([O-])=C5C=CN=C5CC#Cc5cc(C(N)N)ccc54)c3)c2)CCC(O)C1. The van der Waals surface area contributed by atoms with Crippen molar-refractivity contribution in [2.75, 3.05) is 6.61 Å². The predicted octanol–water partition coefficient (Wildman–Crippen LogP) is 8.08. The zero-order valence-corrected chi connectivity index (χ0v) is 34.6. The summed E-state index contributed by atoms with van der Waals surface area (Å²) in [7, 11) is 0. The zero-order valence-electron chi connectivity index (χ0n) is 34.6. The molecule has 0 spiro atoms. The molecule has 7 N–H and O–H groups in total. The van der Waals surface area contributed by atoms with Gasteiger partial charge in [0.25, 0.3) is 0 Å². The number of nitrogens with two attached hydrogens (primary N) is 2. The normalized spacial score (nSPS) is 20.6. The smallest absolute Gasteiger partial charge is 0.161 e. The van der Waals surface area contributed by atoms with Gasteiger partial charge in [-0.05, 0) is 121 Å². The standard InChI is InChI=1S/C50H61N3O6/c1-3-4-5-7-33(2)18-23-50(25-20-39(55)32-50)24-19-38(54)14-10-34-12-17-46(57)48(29-34)59-27-22-35-11-16-45(56)43(28-35)42-31-47(58)41-21-26-53-44(41)9-6-8-36-30-37(49(51)52)13-15-40(36)42/h11-13,15-17,19,21,24,26,28-30,33,39,42,49,55-58H,3-5,7,9-10,14,18,20,22-23,25,27,31-32,51-52H2,1-2H3/p-1. The van der Waals surface area contributed by atoms with Gasteiger partial charge in [0.05, 0.1) is 31.0 Å². The number of aliphatic hydroxyl groups excluding tert-OH is 1. The van der Waals surface area contributed by atoms with Crippen LogP contribution in [0.1, 0.15) is 136 Å². The number of carbonyl (C=O) groups is 1. The molecule has 4 atom stereocenters. The lowest BCUT2D eigenvalue weighted by Gasteiger charge is -2.27. The van der Waals surface area contributed by atoms with Crippen LogP contribution in [-0.2, 0) is 17.6 Å². The minimum absolute atomic E-state index is 0.00712. The average molecular weight is 799 g/mol. The van der Waals surface area contributed by atoms with E-state index in [9.17, 15) is 25.2 Å². The molecule has 0 saturated heterocycles. The second-order valence-electron chi connectivity index (χ2n) is 16.8. The second-order valence-corrected chi connectivity index (χ2v) is 16.8. The second kappa shape index (κ2) is 20.2. The molecule has 6 rings (SSSR count). The fourth-order valence-electron chi connectivity index (χ4n) is 8.64. The number of phenolic OH excluding ortho intramolecular Hbond substituents is 2. The van der Waals surface area contributed by atoms with E-state index in [4.69, 9.17) is 16.2 Å². The van der Waals surface area contributed by atoms with E-state index in [1.54, 1.807) is 36.6 Å². The van der Waals surface area contributed by atoms with E-state index in [0.717, 1.165) is 42.4 Å². The van der Waals surface area contributed by atoms with E-state index in [1.807, 2.05) is 36.4 Å². The molecule has 0 bridgehead atoms. The molecule has 1 fully saturated rings. The molecule has 0 aromatic heterocycles. The molecule has 1 saturated carbocycles. The van der Waals surface area contributed by atoms with Gasteiger partial charge in [-0.25, -0.2) is 0 Å². The topological polar surface area (TPSA) is 174 Å². The molecule has 9 nitrogen and oxygen atoms in total. The third-order valence-electron chi connectivity index (χ3n) is 12.3. The summed E-state index contributed by atoms with van der Waals surface area (Å²) in [6.07, 6.45) is 17.3. The zero-order chi connectivity index (χ0) is 41.9. The number of hydrogen-bond acceptors (Lipinski definition) is 9. The fourth-order valence-corrected chi connectivity index (χ4v) is 8.64. The number of ketones is 1. The first-order chi connectivity index (χ1) is 28.4. The first-order valence-corrected chi connectivity index (χ1v) is 21.4. The van der Waals surface area contributed by atoms with Crippen LogP contribution in [0.3, 0.4) is 0 Å². The lowest BCUT2D eigenvalue weighted by atomic mass is 9.78.